The van der Waals surface area contributed by atoms with E-state index in [9.17, 15) is 18.0 Å². The zero-order valence-electron chi connectivity index (χ0n) is 14.5. The minimum atomic E-state index is -4.54. The molecule has 27 heavy (non-hydrogen) atoms. The Morgan fingerprint density at radius 1 is 1.00 bits per heavy atom. The SMILES string of the molecule is COc1cc2c(=O)oc(-c3cccc(C(F)(F)F)c3)nc2c(OC)c1OC. The molecule has 0 saturated heterocycles. The Balaban J connectivity index is 2.30. The first kappa shape index (κ1) is 18.6. The molecule has 3 rings (SSSR count). The Labute approximate surface area is 151 Å². The molecule has 0 bridgehead atoms. The number of alkyl halides is 3. The van der Waals surface area contributed by atoms with Crippen molar-refractivity contribution in [3.05, 3.63) is 46.3 Å². The van der Waals surface area contributed by atoms with Crippen LogP contribution < -0.4 is 19.8 Å². The number of fused-ring (bicyclic) bond motifs is 1. The number of nitrogens with zero attached hydrogens (tertiary/aromatic N) is 1. The molecule has 1 heterocycles. The number of rotatable bonds is 4. The molecule has 142 valence electrons. The van der Waals surface area contributed by atoms with E-state index in [0.717, 1.165) is 12.1 Å². The maximum atomic E-state index is 13.0. The van der Waals surface area contributed by atoms with Crippen molar-refractivity contribution in [1.82, 2.24) is 4.98 Å². The fourth-order valence-corrected chi connectivity index (χ4v) is 2.63. The number of benzene rings is 2. The highest BCUT2D eigenvalue weighted by Crippen LogP contribution is 2.42. The van der Waals surface area contributed by atoms with Crippen molar-refractivity contribution in [3.63, 3.8) is 0 Å². The summed E-state index contributed by atoms with van der Waals surface area (Å²) in [6.07, 6.45) is -4.54. The van der Waals surface area contributed by atoms with Crippen LogP contribution in [-0.4, -0.2) is 26.3 Å². The molecule has 0 aliphatic carbocycles. The van der Waals surface area contributed by atoms with Gasteiger partial charge in [-0.05, 0) is 18.2 Å². The van der Waals surface area contributed by atoms with Crippen LogP contribution in [0.1, 0.15) is 5.56 Å². The molecule has 1 aromatic heterocycles. The summed E-state index contributed by atoms with van der Waals surface area (Å²) in [5.41, 5.74) is -1.60. The lowest BCUT2D eigenvalue weighted by Gasteiger charge is -2.14. The summed E-state index contributed by atoms with van der Waals surface area (Å²) in [6, 6.07) is 5.70. The van der Waals surface area contributed by atoms with Crippen LogP contribution in [-0.2, 0) is 6.18 Å². The molecular weight excluding hydrogens is 367 g/mol. The molecule has 0 amide bonds. The van der Waals surface area contributed by atoms with E-state index < -0.39 is 17.4 Å². The van der Waals surface area contributed by atoms with Gasteiger partial charge in [-0.25, -0.2) is 9.78 Å². The molecule has 0 radical (unpaired) electrons. The van der Waals surface area contributed by atoms with Crippen LogP contribution in [0.2, 0.25) is 0 Å². The quantitative estimate of drug-likeness (QED) is 0.683. The van der Waals surface area contributed by atoms with E-state index in [1.807, 2.05) is 0 Å². The fourth-order valence-electron chi connectivity index (χ4n) is 2.63. The van der Waals surface area contributed by atoms with Crippen molar-refractivity contribution < 1.29 is 31.8 Å². The van der Waals surface area contributed by atoms with Gasteiger partial charge in [-0.2, -0.15) is 13.2 Å². The molecule has 9 heteroatoms. The predicted molar refractivity (Wildman–Crippen MR) is 90.4 cm³/mol. The van der Waals surface area contributed by atoms with Gasteiger partial charge in [0.2, 0.25) is 11.6 Å². The van der Waals surface area contributed by atoms with Crippen LogP contribution in [0.5, 0.6) is 17.2 Å². The summed E-state index contributed by atoms with van der Waals surface area (Å²) >= 11 is 0. The molecule has 0 aliphatic rings. The highest BCUT2D eigenvalue weighted by Gasteiger charge is 2.31. The fraction of sp³-hybridized carbons (Fsp3) is 0.222. The first-order valence-corrected chi connectivity index (χ1v) is 7.61. The Bertz CT molecular complexity index is 1060. The lowest BCUT2D eigenvalue weighted by molar-refractivity contribution is -0.137. The largest absolute Gasteiger partial charge is 0.493 e. The van der Waals surface area contributed by atoms with Crippen molar-refractivity contribution in [2.24, 2.45) is 0 Å². The van der Waals surface area contributed by atoms with Gasteiger partial charge < -0.3 is 18.6 Å². The van der Waals surface area contributed by atoms with Crippen LogP contribution in [0.15, 0.2) is 39.5 Å². The number of hydrogen-bond donors (Lipinski definition) is 0. The third kappa shape index (κ3) is 3.27. The minimum absolute atomic E-state index is 0.000614. The first-order chi connectivity index (χ1) is 12.8. The van der Waals surface area contributed by atoms with Gasteiger partial charge in [0, 0.05) is 11.6 Å². The van der Waals surface area contributed by atoms with E-state index in [2.05, 4.69) is 4.98 Å². The maximum absolute atomic E-state index is 13.0. The minimum Gasteiger partial charge on any atom is -0.493 e. The maximum Gasteiger partial charge on any atom is 0.416 e. The van der Waals surface area contributed by atoms with Crippen molar-refractivity contribution in [2.75, 3.05) is 21.3 Å². The van der Waals surface area contributed by atoms with Gasteiger partial charge in [0.25, 0.3) is 0 Å². The van der Waals surface area contributed by atoms with Crippen LogP contribution >= 0.6 is 0 Å². The molecule has 0 aliphatic heterocycles. The second kappa shape index (κ2) is 6.82. The molecule has 0 unspecified atom stereocenters. The average Bonchev–Trinajstić information content (AvgIpc) is 2.65. The van der Waals surface area contributed by atoms with Gasteiger partial charge in [0.05, 0.1) is 32.3 Å². The standard InChI is InChI=1S/C18H14F3NO5/c1-24-12-8-11-13(15(26-3)14(12)25-2)22-16(27-17(11)23)9-5-4-6-10(7-9)18(19,20)21/h4-8H,1-3H3. The summed E-state index contributed by atoms with van der Waals surface area (Å²) in [6.45, 7) is 0. The van der Waals surface area contributed by atoms with E-state index in [0.29, 0.717) is 0 Å². The first-order valence-electron chi connectivity index (χ1n) is 7.61. The highest BCUT2D eigenvalue weighted by atomic mass is 19.4. The van der Waals surface area contributed by atoms with Gasteiger partial charge in [-0.15, -0.1) is 0 Å². The molecule has 0 atom stereocenters. The van der Waals surface area contributed by atoms with Gasteiger partial charge in [0.15, 0.2) is 11.5 Å². The van der Waals surface area contributed by atoms with E-state index in [1.165, 1.54) is 39.5 Å². The smallest absolute Gasteiger partial charge is 0.416 e. The summed E-state index contributed by atoms with van der Waals surface area (Å²) < 4.78 is 59.7. The predicted octanol–water partition coefficient (Wildman–Crippen LogP) is 3.90. The van der Waals surface area contributed by atoms with Crippen LogP contribution in [0.4, 0.5) is 13.2 Å². The van der Waals surface area contributed by atoms with E-state index in [4.69, 9.17) is 18.6 Å². The zero-order chi connectivity index (χ0) is 19.8. The molecule has 0 saturated carbocycles. The van der Waals surface area contributed by atoms with Crippen LogP contribution in [0, 0.1) is 0 Å². The number of aromatic nitrogens is 1. The third-order valence-corrected chi connectivity index (χ3v) is 3.86. The van der Waals surface area contributed by atoms with Gasteiger partial charge in [0.1, 0.15) is 5.52 Å². The second-order valence-corrected chi connectivity index (χ2v) is 5.43. The lowest BCUT2D eigenvalue weighted by Crippen LogP contribution is -2.07. The Morgan fingerprint density at radius 2 is 1.70 bits per heavy atom. The van der Waals surface area contributed by atoms with Crippen LogP contribution in [0.3, 0.4) is 0 Å². The van der Waals surface area contributed by atoms with E-state index >= 15 is 0 Å². The topological polar surface area (TPSA) is 70.8 Å². The summed E-state index contributed by atoms with van der Waals surface area (Å²) in [5.74, 6) is 0.250. The zero-order valence-corrected chi connectivity index (χ0v) is 14.5. The van der Waals surface area contributed by atoms with Crippen molar-refractivity contribution in [3.8, 4) is 28.7 Å². The molecular formula is C18H14F3NO5. The van der Waals surface area contributed by atoms with Crippen molar-refractivity contribution in [2.45, 2.75) is 6.18 Å². The average molecular weight is 381 g/mol. The normalized spacial score (nSPS) is 11.5. The number of halogens is 3. The summed E-state index contributed by atoms with van der Waals surface area (Å²) in [7, 11) is 4.11. The lowest BCUT2D eigenvalue weighted by atomic mass is 10.1. The Hall–Kier alpha value is -3.23. The van der Waals surface area contributed by atoms with Crippen molar-refractivity contribution in [1.29, 1.82) is 0 Å². The van der Waals surface area contributed by atoms with Crippen molar-refractivity contribution >= 4 is 10.9 Å². The molecule has 0 fully saturated rings. The summed E-state index contributed by atoms with van der Waals surface area (Å²) in [5, 5.41) is 0.0419. The molecule has 0 spiro atoms. The monoisotopic (exact) mass is 381 g/mol. The van der Waals surface area contributed by atoms with E-state index in [1.54, 1.807) is 0 Å². The third-order valence-electron chi connectivity index (χ3n) is 3.86. The number of methoxy groups -OCH3 is 3. The Kier molecular flexibility index (Phi) is 4.69. The molecule has 2 aromatic carbocycles. The Morgan fingerprint density at radius 3 is 2.30 bits per heavy atom. The van der Waals surface area contributed by atoms with Gasteiger partial charge in [-0.3, -0.25) is 0 Å². The van der Waals surface area contributed by atoms with Gasteiger partial charge >= 0.3 is 11.8 Å². The molecule has 3 aromatic rings. The van der Waals surface area contributed by atoms with Gasteiger partial charge in [-0.1, -0.05) is 6.07 Å². The highest BCUT2D eigenvalue weighted by molar-refractivity contribution is 5.89. The molecule has 0 N–H and O–H groups in total. The number of hydrogen-bond acceptors (Lipinski definition) is 6. The van der Waals surface area contributed by atoms with E-state index in [-0.39, 0.29) is 39.6 Å². The van der Waals surface area contributed by atoms with Crippen LogP contribution in [0.25, 0.3) is 22.4 Å². The second-order valence-electron chi connectivity index (χ2n) is 5.43. The summed E-state index contributed by atoms with van der Waals surface area (Å²) in [4.78, 5) is 16.6. The molecule has 6 nitrogen and oxygen atoms in total. The number of ether oxygens (including phenoxy) is 3.